The first-order valence-electron chi connectivity index (χ1n) is 9.45. The van der Waals surface area contributed by atoms with E-state index in [1.807, 2.05) is 38.4 Å². The summed E-state index contributed by atoms with van der Waals surface area (Å²) in [4.78, 5) is 24.5. The Morgan fingerprint density at radius 1 is 1.25 bits per heavy atom. The molecule has 28 heavy (non-hydrogen) atoms. The second kappa shape index (κ2) is 9.70. The predicted molar refractivity (Wildman–Crippen MR) is 108 cm³/mol. The maximum Gasteiger partial charge on any atom is 0.251 e. The van der Waals surface area contributed by atoms with Gasteiger partial charge in [0, 0.05) is 29.9 Å². The third-order valence-corrected chi connectivity index (χ3v) is 4.68. The van der Waals surface area contributed by atoms with Crippen molar-refractivity contribution in [3.8, 4) is 6.07 Å². The molecule has 2 amide bonds. The van der Waals surface area contributed by atoms with Crippen LogP contribution >= 0.6 is 0 Å². The van der Waals surface area contributed by atoms with Gasteiger partial charge in [-0.1, -0.05) is 6.07 Å². The number of hydrogen-bond donors (Lipinski definition) is 2. The highest BCUT2D eigenvalue weighted by atomic mass is 16.2. The number of nitrogens with zero attached hydrogens (tertiary/aromatic N) is 3. The van der Waals surface area contributed by atoms with E-state index in [1.165, 1.54) is 0 Å². The Hall–Kier alpha value is -3.14. The lowest BCUT2D eigenvalue weighted by atomic mass is 10.1. The van der Waals surface area contributed by atoms with Crippen LogP contribution in [0.4, 0.5) is 5.69 Å². The van der Waals surface area contributed by atoms with Crippen molar-refractivity contribution in [1.29, 1.82) is 5.26 Å². The highest BCUT2D eigenvalue weighted by molar-refractivity contribution is 5.97. The topological polar surface area (TPSA) is 99.8 Å². The third kappa shape index (κ3) is 5.19. The summed E-state index contributed by atoms with van der Waals surface area (Å²) in [6.45, 7) is 8.75. The molecule has 0 spiro atoms. The molecule has 0 aliphatic heterocycles. The number of nitriles is 1. The van der Waals surface area contributed by atoms with E-state index < -0.39 is 0 Å². The first-order chi connectivity index (χ1) is 13.4. The molecule has 0 saturated carbocycles. The molecule has 0 saturated heterocycles. The van der Waals surface area contributed by atoms with Crippen molar-refractivity contribution in [2.45, 2.75) is 53.5 Å². The van der Waals surface area contributed by atoms with Gasteiger partial charge in [0.15, 0.2) is 0 Å². The molecule has 7 nitrogen and oxygen atoms in total. The molecule has 0 atom stereocenters. The van der Waals surface area contributed by atoms with Crippen LogP contribution in [0.3, 0.4) is 0 Å². The fourth-order valence-corrected chi connectivity index (χ4v) is 3.08. The number of aryl methyl sites for hydroxylation is 3. The predicted octanol–water partition coefficient (Wildman–Crippen LogP) is 3.04. The fourth-order valence-electron chi connectivity index (χ4n) is 3.08. The van der Waals surface area contributed by atoms with Crippen molar-refractivity contribution in [1.82, 2.24) is 15.1 Å². The highest BCUT2D eigenvalue weighted by Crippen LogP contribution is 2.19. The summed E-state index contributed by atoms with van der Waals surface area (Å²) in [6.07, 6.45) is 1.30. The zero-order valence-electron chi connectivity index (χ0n) is 16.9. The minimum absolute atomic E-state index is 0.111. The summed E-state index contributed by atoms with van der Waals surface area (Å²) in [6, 6.07) is 7.40. The Balaban J connectivity index is 2.04. The van der Waals surface area contributed by atoms with Crippen molar-refractivity contribution in [3.05, 3.63) is 46.3 Å². The Bertz CT molecular complexity index is 908. The van der Waals surface area contributed by atoms with Crippen LogP contribution in [0.25, 0.3) is 0 Å². The first-order valence-corrected chi connectivity index (χ1v) is 9.45. The largest absolute Gasteiger partial charge is 0.352 e. The molecule has 2 N–H and O–H groups in total. The van der Waals surface area contributed by atoms with Crippen molar-refractivity contribution in [2.75, 3.05) is 11.9 Å². The van der Waals surface area contributed by atoms with Gasteiger partial charge in [-0.2, -0.15) is 10.4 Å². The standard InChI is InChI=1S/C21H27N5O2/c1-5-23-21(28)17-8-7-14(2)19(13-17)24-20(27)10-9-18-15(3)25-26(16(18)4)12-6-11-22/h7-8,13H,5-6,9-10,12H2,1-4H3,(H,23,28)(H,24,27). The molecular weight excluding hydrogens is 354 g/mol. The molecule has 2 rings (SSSR count). The van der Waals surface area contributed by atoms with Crippen LogP contribution < -0.4 is 10.6 Å². The molecule has 0 fully saturated rings. The maximum absolute atomic E-state index is 12.5. The third-order valence-electron chi connectivity index (χ3n) is 4.68. The lowest BCUT2D eigenvalue weighted by Crippen LogP contribution is -2.23. The van der Waals surface area contributed by atoms with E-state index in [0.717, 1.165) is 22.5 Å². The Morgan fingerprint density at radius 2 is 2.00 bits per heavy atom. The minimum Gasteiger partial charge on any atom is -0.352 e. The summed E-state index contributed by atoms with van der Waals surface area (Å²) < 4.78 is 1.83. The molecular formula is C21H27N5O2. The van der Waals surface area contributed by atoms with Gasteiger partial charge >= 0.3 is 0 Å². The van der Waals surface area contributed by atoms with E-state index in [1.54, 1.807) is 12.1 Å². The fraction of sp³-hybridized carbons (Fsp3) is 0.429. The number of hydrogen-bond acceptors (Lipinski definition) is 4. The molecule has 1 aromatic heterocycles. The van der Waals surface area contributed by atoms with Crippen LogP contribution in [0.5, 0.6) is 0 Å². The SMILES string of the molecule is CCNC(=O)c1ccc(C)c(NC(=O)CCc2c(C)nn(CCC#N)c2C)c1. The zero-order chi connectivity index (χ0) is 20.7. The molecule has 0 aliphatic carbocycles. The summed E-state index contributed by atoms with van der Waals surface area (Å²) in [5, 5.41) is 18.9. The quantitative estimate of drug-likeness (QED) is 0.734. The maximum atomic E-state index is 12.5. The normalized spacial score (nSPS) is 10.4. The molecule has 0 unspecified atom stereocenters. The summed E-state index contributed by atoms with van der Waals surface area (Å²) in [5.41, 5.74) is 4.99. The van der Waals surface area contributed by atoms with Crippen molar-refractivity contribution < 1.29 is 9.59 Å². The van der Waals surface area contributed by atoms with Crippen molar-refractivity contribution in [3.63, 3.8) is 0 Å². The van der Waals surface area contributed by atoms with E-state index in [4.69, 9.17) is 5.26 Å². The van der Waals surface area contributed by atoms with E-state index in [0.29, 0.717) is 43.6 Å². The minimum atomic E-state index is -0.158. The smallest absolute Gasteiger partial charge is 0.251 e. The van der Waals surface area contributed by atoms with Crippen molar-refractivity contribution >= 4 is 17.5 Å². The van der Waals surface area contributed by atoms with Crippen LogP contribution in [-0.2, 0) is 17.8 Å². The highest BCUT2D eigenvalue weighted by Gasteiger charge is 2.14. The first kappa shape index (κ1) is 21.2. The summed E-state index contributed by atoms with van der Waals surface area (Å²) in [7, 11) is 0. The van der Waals surface area contributed by atoms with Gasteiger partial charge in [-0.05, 0) is 57.4 Å². The molecule has 0 aliphatic rings. The molecule has 0 radical (unpaired) electrons. The number of anilines is 1. The van der Waals surface area contributed by atoms with Crippen LogP contribution in [0.2, 0.25) is 0 Å². The van der Waals surface area contributed by atoms with Crippen LogP contribution in [-0.4, -0.2) is 28.1 Å². The average molecular weight is 381 g/mol. The second-order valence-corrected chi connectivity index (χ2v) is 6.72. The number of carbonyl (C=O) groups is 2. The Kier molecular flexibility index (Phi) is 7.33. The number of aromatic nitrogens is 2. The van der Waals surface area contributed by atoms with Crippen molar-refractivity contribution in [2.24, 2.45) is 0 Å². The van der Waals surface area contributed by atoms with Crippen LogP contribution in [0.15, 0.2) is 18.2 Å². The van der Waals surface area contributed by atoms with Gasteiger partial charge in [-0.25, -0.2) is 0 Å². The van der Waals surface area contributed by atoms with Gasteiger partial charge in [0.1, 0.15) is 0 Å². The molecule has 1 aromatic carbocycles. The molecule has 7 heteroatoms. The average Bonchev–Trinajstić information content (AvgIpc) is 2.93. The lowest BCUT2D eigenvalue weighted by Gasteiger charge is -2.11. The zero-order valence-corrected chi connectivity index (χ0v) is 16.9. The Morgan fingerprint density at radius 3 is 2.68 bits per heavy atom. The number of carbonyl (C=O) groups excluding carboxylic acids is 2. The summed E-state index contributed by atoms with van der Waals surface area (Å²) >= 11 is 0. The number of nitrogens with one attached hydrogen (secondary N) is 2. The second-order valence-electron chi connectivity index (χ2n) is 6.72. The van der Waals surface area contributed by atoms with Gasteiger partial charge in [-0.3, -0.25) is 14.3 Å². The summed E-state index contributed by atoms with van der Waals surface area (Å²) in [5.74, 6) is -0.270. The lowest BCUT2D eigenvalue weighted by molar-refractivity contribution is -0.116. The number of rotatable bonds is 8. The molecule has 1 heterocycles. The van der Waals surface area contributed by atoms with Gasteiger partial charge < -0.3 is 10.6 Å². The van der Waals surface area contributed by atoms with E-state index in [2.05, 4.69) is 21.8 Å². The molecule has 0 bridgehead atoms. The van der Waals surface area contributed by atoms with Crippen LogP contribution in [0, 0.1) is 32.1 Å². The van der Waals surface area contributed by atoms with E-state index in [-0.39, 0.29) is 11.8 Å². The van der Waals surface area contributed by atoms with E-state index in [9.17, 15) is 9.59 Å². The number of amides is 2. The van der Waals surface area contributed by atoms with Gasteiger partial charge in [0.25, 0.3) is 5.91 Å². The van der Waals surface area contributed by atoms with Gasteiger partial charge in [-0.15, -0.1) is 0 Å². The Labute approximate surface area is 165 Å². The molecule has 148 valence electrons. The monoisotopic (exact) mass is 381 g/mol. The van der Waals surface area contributed by atoms with Gasteiger partial charge in [0.05, 0.1) is 24.7 Å². The van der Waals surface area contributed by atoms with E-state index >= 15 is 0 Å². The van der Waals surface area contributed by atoms with Crippen LogP contribution in [0.1, 0.15) is 52.6 Å². The molecule has 2 aromatic rings. The van der Waals surface area contributed by atoms with Gasteiger partial charge in [0.2, 0.25) is 5.91 Å². The number of benzene rings is 1.